The van der Waals surface area contributed by atoms with E-state index in [9.17, 15) is 0 Å². The third-order valence-corrected chi connectivity index (χ3v) is 3.94. The molecule has 1 aliphatic heterocycles. The van der Waals surface area contributed by atoms with Gasteiger partial charge in [0.15, 0.2) is 0 Å². The fourth-order valence-corrected chi connectivity index (χ4v) is 3.03. The molecule has 0 spiro atoms. The van der Waals surface area contributed by atoms with E-state index in [1.54, 1.807) is 0 Å². The Morgan fingerprint density at radius 1 is 1.53 bits per heavy atom. The highest BCUT2D eigenvalue weighted by atomic mass is 35.5. The van der Waals surface area contributed by atoms with Crippen molar-refractivity contribution in [1.82, 2.24) is 4.90 Å². The number of ether oxygens (including phenoxy) is 1. The first-order valence-electron chi connectivity index (χ1n) is 7.05. The summed E-state index contributed by atoms with van der Waals surface area (Å²) >= 11 is 6.08. The third-order valence-electron chi connectivity index (χ3n) is 3.71. The zero-order valence-corrected chi connectivity index (χ0v) is 12.3. The van der Waals surface area contributed by atoms with Gasteiger partial charge in [-0.3, -0.25) is 4.90 Å². The molecule has 106 valence electrons. The summed E-state index contributed by atoms with van der Waals surface area (Å²) in [7, 11) is 0. The van der Waals surface area contributed by atoms with Gasteiger partial charge in [-0.1, -0.05) is 23.7 Å². The summed E-state index contributed by atoms with van der Waals surface area (Å²) in [5.74, 6) is 0. The predicted octanol–water partition coefficient (Wildman–Crippen LogP) is 2.84. The summed E-state index contributed by atoms with van der Waals surface area (Å²) in [6, 6.07) is 8.25. The van der Waals surface area contributed by atoms with Crippen LogP contribution in [0.2, 0.25) is 5.02 Å². The first kappa shape index (κ1) is 14.8. The van der Waals surface area contributed by atoms with Gasteiger partial charge in [-0.15, -0.1) is 0 Å². The van der Waals surface area contributed by atoms with E-state index < -0.39 is 0 Å². The third kappa shape index (κ3) is 3.93. The molecule has 1 aromatic rings. The van der Waals surface area contributed by atoms with Crippen LogP contribution in [0.25, 0.3) is 0 Å². The second-order valence-electron chi connectivity index (χ2n) is 5.02. The van der Waals surface area contributed by atoms with Gasteiger partial charge in [-0.2, -0.15) is 0 Å². The molecule has 3 nitrogen and oxygen atoms in total. The molecule has 4 heteroatoms. The fourth-order valence-electron chi connectivity index (χ4n) is 2.83. The van der Waals surface area contributed by atoms with Gasteiger partial charge in [-0.05, 0) is 44.0 Å². The van der Waals surface area contributed by atoms with Crippen LogP contribution in [-0.2, 0) is 4.74 Å². The molecule has 1 heterocycles. The number of hydrogen-bond donors (Lipinski definition) is 1. The number of rotatable bonds is 5. The first-order chi connectivity index (χ1) is 9.24. The molecule has 0 amide bonds. The molecule has 1 saturated heterocycles. The van der Waals surface area contributed by atoms with Crippen molar-refractivity contribution in [2.45, 2.75) is 31.9 Å². The lowest BCUT2D eigenvalue weighted by molar-refractivity contribution is -0.00659. The molecule has 2 N–H and O–H groups in total. The van der Waals surface area contributed by atoms with Crippen molar-refractivity contribution in [3.05, 3.63) is 34.9 Å². The van der Waals surface area contributed by atoms with Crippen molar-refractivity contribution < 1.29 is 4.74 Å². The Morgan fingerprint density at radius 3 is 3.05 bits per heavy atom. The van der Waals surface area contributed by atoms with Crippen LogP contribution in [0.4, 0.5) is 0 Å². The minimum absolute atomic E-state index is 0.238. The number of hydrogen-bond acceptors (Lipinski definition) is 3. The highest BCUT2D eigenvalue weighted by Gasteiger charge is 2.26. The Bertz CT molecular complexity index is 397. The van der Waals surface area contributed by atoms with Crippen LogP contribution >= 0.6 is 11.6 Å². The molecule has 0 aliphatic carbocycles. The van der Waals surface area contributed by atoms with Gasteiger partial charge in [-0.25, -0.2) is 0 Å². The quantitative estimate of drug-likeness (QED) is 0.902. The van der Waals surface area contributed by atoms with Crippen molar-refractivity contribution in [2.75, 3.05) is 26.2 Å². The number of likely N-dealkylation sites (tertiary alicyclic amines) is 1. The van der Waals surface area contributed by atoms with Gasteiger partial charge in [0.1, 0.15) is 0 Å². The molecule has 0 saturated carbocycles. The maximum Gasteiger partial charge on any atom is 0.0702 e. The second kappa shape index (κ2) is 7.25. The van der Waals surface area contributed by atoms with Gasteiger partial charge < -0.3 is 10.5 Å². The normalized spacial score (nSPS) is 22.4. The van der Waals surface area contributed by atoms with Crippen LogP contribution in [0.5, 0.6) is 0 Å². The molecule has 2 unspecified atom stereocenters. The monoisotopic (exact) mass is 282 g/mol. The van der Waals surface area contributed by atoms with E-state index in [0.717, 1.165) is 31.1 Å². The van der Waals surface area contributed by atoms with Crippen LogP contribution in [0, 0.1) is 0 Å². The molecular formula is C15H23ClN2O. The lowest BCUT2D eigenvalue weighted by Gasteiger charge is -2.37. The van der Waals surface area contributed by atoms with Crippen molar-refractivity contribution >= 4 is 11.6 Å². The van der Waals surface area contributed by atoms with E-state index in [1.807, 2.05) is 18.2 Å². The standard InChI is InChI=1S/C15H23ClN2O/c1-2-19-14-7-4-8-18(11-14)15(10-17)12-5-3-6-13(16)9-12/h3,5-6,9,14-15H,2,4,7-8,10-11,17H2,1H3. The second-order valence-corrected chi connectivity index (χ2v) is 5.46. The Balaban J connectivity index is 2.08. The number of nitrogens with two attached hydrogens (primary N) is 1. The van der Waals surface area contributed by atoms with Gasteiger partial charge in [0, 0.05) is 30.8 Å². The molecule has 0 aromatic heterocycles. The van der Waals surface area contributed by atoms with Crippen LogP contribution < -0.4 is 5.73 Å². The van der Waals surface area contributed by atoms with Crippen LogP contribution in [0.1, 0.15) is 31.4 Å². The first-order valence-corrected chi connectivity index (χ1v) is 7.43. The Morgan fingerprint density at radius 2 is 2.37 bits per heavy atom. The highest BCUT2D eigenvalue weighted by Crippen LogP contribution is 2.26. The summed E-state index contributed by atoms with van der Waals surface area (Å²) in [5.41, 5.74) is 7.18. The SMILES string of the molecule is CCOC1CCCN(C(CN)c2cccc(Cl)c2)C1. The van der Waals surface area contributed by atoms with E-state index in [2.05, 4.69) is 17.9 Å². The van der Waals surface area contributed by atoms with Crippen molar-refractivity contribution in [3.63, 3.8) is 0 Å². The number of benzene rings is 1. The Hall–Kier alpha value is -0.610. The largest absolute Gasteiger partial charge is 0.377 e. The molecular weight excluding hydrogens is 260 g/mol. The average molecular weight is 283 g/mol. The molecule has 19 heavy (non-hydrogen) atoms. The average Bonchev–Trinajstić information content (AvgIpc) is 2.41. The highest BCUT2D eigenvalue weighted by molar-refractivity contribution is 6.30. The summed E-state index contributed by atoms with van der Waals surface area (Å²) in [6.07, 6.45) is 2.66. The summed E-state index contributed by atoms with van der Waals surface area (Å²) < 4.78 is 5.76. The van der Waals surface area contributed by atoms with Crippen LogP contribution in [0.3, 0.4) is 0 Å². The number of nitrogens with zero attached hydrogens (tertiary/aromatic N) is 1. The van der Waals surface area contributed by atoms with Gasteiger partial charge in [0.2, 0.25) is 0 Å². The van der Waals surface area contributed by atoms with E-state index >= 15 is 0 Å². The lowest BCUT2D eigenvalue weighted by atomic mass is 10.0. The van der Waals surface area contributed by atoms with Crippen LogP contribution in [-0.4, -0.2) is 37.2 Å². The Kier molecular flexibility index (Phi) is 5.64. The van der Waals surface area contributed by atoms with Crippen molar-refractivity contribution in [3.8, 4) is 0 Å². The van der Waals surface area contributed by atoms with E-state index in [4.69, 9.17) is 22.1 Å². The zero-order valence-electron chi connectivity index (χ0n) is 11.5. The lowest BCUT2D eigenvalue weighted by Crippen LogP contribution is -2.44. The zero-order chi connectivity index (χ0) is 13.7. The molecule has 1 aliphatic rings. The van der Waals surface area contributed by atoms with E-state index in [0.29, 0.717) is 12.6 Å². The minimum atomic E-state index is 0.238. The summed E-state index contributed by atoms with van der Waals surface area (Å²) in [6.45, 7) is 5.48. The summed E-state index contributed by atoms with van der Waals surface area (Å²) in [4.78, 5) is 2.43. The van der Waals surface area contributed by atoms with Gasteiger partial charge in [0.25, 0.3) is 0 Å². The van der Waals surface area contributed by atoms with E-state index in [-0.39, 0.29) is 6.04 Å². The van der Waals surface area contributed by atoms with Crippen molar-refractivity contribution in [1.29, 1.82) is 0 Å². The maximum atomic E-state index is 6.08. The predicted molar refractivity (Wildman–Crippen MR) is 79.5 cm³/mol. The van der Waals surface area contributed by atoms with E-state index in [1.165, 1.54) is 12.0 Å². The van der Waals surface area contributed by atoms with Gasteiger partial charge >= 0.3 is 0 Å². The van der Waals surface area contributed by atoms with Crippen molar-refractivity contribution in [2.24, 2.45) is 5.73 Å². The minimum Gasteiger partial charge on any atom is -0.377 e. The maximum absolute atomic E-state index is 6.08. The van der Waals surface area contributed by atoms with Gasteiger partial charge in [0.05, 0.1) is 6.10 Å². The molecule has 2 rings (SSSR count). The smallest absolute Gasteiger partial charge is 0.0702 e. The summed E-state index contributed by atoms with van der Waals surface area (Å²) in [5, 5.41) is 0.773. The number of halogens is 1. The Labute approximate surface area is 120 Å². The molecule has 0 bridgehead atoms. The molecule has 0 radical (unpaired) electrons. The molecule has 2 atom stereocenters. The topological polar surface area (TPSA) is 38.5 Å². The number of piperidine rings is 1. The fraction of sp³-hybridized carbons (Fsp3) is 0.600. The van der Waals surface area contributed by atoms with Crippen LogP contribution in [0.15, 0.2) is 24.3 Å². The molecule has 1 aromatic carbocycles. The molecule has 1 fully saturated rings.